The molecule has 2 heterocycles. The van der Waals surface area contributed by atoms with E-state index in [0.717, 1.165) is 0 Å². The van der Waals surface area contributed by atoms with Crippen LogP contribution in [0.25, 0.3) is 0 Å². The summed E-state index contributed by atoms with van der Waals surface area (Å²) in [7, 11) is 0. The number of hydrogen-bond acceptors (Lipinski definition) is 21. The van der Waals surface area contributed by atoms with Crippen LogP contribution in [0.3, 0.4) is 0 Å². The molecule has 1 saturated heterocycles. The second-order valence-corrected chi connectivity index (χ2v) is 21.6. The van der Waals surface area contributed by atoms with Crippen LogP contribution in [0.15, 0.2) is 29.3 Å². The average molecular weight is 1260 g/mol. The van der Waals surface area contributed by atoms with E-state index in [9.17, 15) is 53.1 Å². The summed E-state index contributed by atoms with van der Waals surface area (Å²) in [6.07, 6.45) is 8.31. The van der Waals surface area contributed by atoms with Crippen LogP contribution in [0, 0.1) is 0 Å². The lowest BCUT2D eigenvalue weighted by Gasteiger charge is -2.30. The highest BCUT2D eigenvalue weighted by molar-refractivity contribution is 6.02. The van der Waals surface area contributed by atoms with E-state index in [2.05, 4.69) is 62.8 Å². The molecule has 0 bridgehead atoms. The zero-order valence-corrected chi connectivity index (χ0v) is 51.3. The Balaban J connectivity index is 2.38. The third-order valence-corrected chi connectivity index (χ3v) is 14.4. The number of aliphatic hydroxyl groups is 1. The van der Waals surface area contributed by atoms with Gasteiger partial charge >= 0.3 is 0 Å². The fourth-order valence-corrected chi connectivity index (χ4v) is 9.40. The van der Waals surface area contributed by atoms with Gasteiger partial charge in [0, 0.05) is 44.5 Å². The first-order valence-electron chi connectivity index (χ1n) is 30.8. The van der Waals surface area contributed by atoms with Gasteiger partial charge in [-0.2, -0.15) is 0 Å². The standard InChI is InChI=1S/C55H103N23O11/c56-20-4-1-13-35(63)46(81)77-45(43(79)30-62)53(88)75-37(16-9-24-60)48(83)69-32-44(80)71-40(17-10-25-61)54(89)78-28-12-19-42(78)52(87)76-41(29-34-31-66-33-70-34)51(86)74-38(15-3-6-22-58)49(84)73-39(18-11-27-68-55(64)65)50(85)72-36(14-2-5-21-57)47(82)67-26-8-7-23-59/h18,31,33,35-38,40-43,45,79H,1-17,19-30,32,56-63H2,(H,66,70)(H,67,82)(H,69,83)(H,71,80)(H,72,85)(H,73,84)(H,74,86)(H,75,88)(H,76,87)(H,77,81)(H4,64,65,68)/b39-18-/t35-,36-,37-,38-,40+,41-,42-,43-,45-/m0/s1. The Morgan fingerprint density at radius 3 is 1.79 bits per heavy atom. The van der Waals surface area contributed by atoms with Crippen molar-refractivity contribution in [2.24, 2.45) is 62.3 Å². The van der Waals surface area contributed by atoms with Crippen molar-refractivity contribution in [2.45, 2.75) is 176 Å². The van der Waals surface area contributed by atoms with E-state index in [0.29, 0.717) is 89.7 Å². The first-order chi connectivity index (χ1) is 42.7. The van der Waals surface area contributed by atoms with Gasteiger partial charge in [0.2, 0.25) is 53.2 Å². The van der Waals surface area contributed by atoms with Crippen LogP contribution in [0.1, 0.15) is 121 Å². The molecule has 0 aromatic carbocycles. The number of likely N-dealkylation sites (tertiary alicyclic amines) is 1. The van der Waals surface area contributed by atoms with Gasteiger partial charge in [-0.15, -0.1) is 0 Å². The number of guanidine groups is 1. The lowest BCUT2D eigenvalue weighted by molar-refractivity contribution is -0.142. The summed E-state index contributed by atoms with van der Waals surface area (Å²) in [5, 5.41) is 34.2. The molecule has 2 rings (SSSR count). The van der Waals surface area contributed by atoms with Gasteiger partial charge in [-0.25, -0.2) is 4.98 Å². The lowest BCUT2D eigenvalue weighted by atomic mass is 10.0. The minimum Gasteiger partial charge on any atom is -0.389 e. The second-order valence-electron chi connectivity index (χ2n) is 21.6. The number of nitrogens with zero attached hydrogens (tertiary/aromatic N) is 3. The molecule has 0 unspecified atom stereocenters. The molecule has 34 heteroatoms. The predicted octanol–water partition coefficient (Wildman–Crippen LogP) is -8.00. The number of aliphatic hydroxyl groups excluding tert-OH is 1. The smallest absolute Gasteiger partial charge is 0.268 e. The average Bonchev–Trinajstić information content (AvgIpc) is 2.36. The van der Waals surface area contributed by atoms with E-state index in [-0.39, 0.29) is 109 Å². The normalized spacial score (nSPS) is 15.8. The molecule has 89 heavy (non-hydrogen) atoms. The van der Waals surface area contributed by atoms with Gasteiger partial charge in [-0.05, 0) is 148 Å². The molecule has 1 aliphatic heterocycles. The molecule has 9 atom stereocenters. The topological polar surface area (TPSA) is 604 Å². The van der Waals surface area contributed by atoms with Gasteiger partial charge < -0.3 is 120 Å². The Labute approximate surface area is 520 Å². The molecule has 0 aliphatic carbocycles. The summed E-state index contributed by atoms with van der Waals surface area (Å²) in [6, 6.07) is -10.1. The SMILES string of the molecule is NCCCCNC(=O)[C@H](CCCCN)NC(=O)/C(=C/CCN=C(N)N)NC(=O)[C@H](CCCCN)NC(=O)[C@H](Cc1cnc[nH]1)NC(=O)[C@@H]1CCCN1C(=O)[C@@H](CCCN)NC(=O)CNC(=O)[C@H](CCCN)NC(=O)[C@@H](NC(=O)[C@@H](N)CCCCN)[C@@H](O)CN. The van der Waals surface area contributed by atoms with Crippen molar-refractivity contribution < 1.29 is 53.1 Å². The number of amides is 10. The van der Waals surface area contributed by atoms with Gasteiger partial charge in [-0.3, -0.25) is 52.9 Å². The number of rotatable bonds is 47. The molecule has 504 valence electrons. The third kappa shape index (κ3) is 30.1. The van der Waals surface area contributed by atoms with Crippen LogP contribution in [0.2, 0.25) is 0 Å². The van der Waals surface area contributed by atoms with Crippen molar-refractivity contribution in [3.63, 3.8) is 0 Å². The van der Waals surface area contributed by atoms with Gasteiger partial charge in [0.05, 0.1) is 25.0 Å². The maximum atomic E-state index is 14.5. The highest BCUT2D eigenvalue weighted by Gasteiger charge is 2.40. The molecule has 1 aliphatic rings. The molecule has 0 saturated carbocycles. The van der Waals surface area contributed by atoms with Crippen LogP contribution < -0.4 is 105 Å². The molecule has 0 radical (unpaired) electrons. The van der Waals surface area contributed by atoms with Gasteiger partial charge in [0.15, 0.2) is 5.96 Å². The molecule has 0 spiro atoms. The maximum Gasteiger partial charge on any atom is 0.268 e. The molecule has 1 aromatic rings. The predicted molar refractivity (Wildman–Crippen MR) is 333 cm³/mol. The Kier molecular flexibility index (Phi) is 39.2. The zero-order chi connectivity index (χ0) is 66.1. The Hall–Kier alpha value is -7.44. The highest BCUT2D eigenvalue weighted by Crippen LogP contribution is 2.21. The maximum absolute atomic E-state index is 14.5. The number of unbranched alkanes of at least 4 members (excludes halogenated alkanes) is 4. The van der Waals surface area contributed by atoms with Crippen molar-refractivity contribution in [1.29, 1.82) is 0 Å². The highest BCUT2D eigenvalue weighted by atomic mass is 16.3. The molecule has 31 N–H and O–H groups in total. The molecular weight excluding hydrogens is 1160 g/mol. The van der Waals surface area contributed by atoms with E-state index in [1.54, 1.807) is 0 Å². The molecule has 34 nitrogen and oxygen atoms in total. The Morgan fingerprint density at radius 2 is 1.19 bits per heavy atom. The molecule has 1 fully saturated rings. The van der Waals surface area contributed by atoms with E-state index in [1.165, 1.54) is 23.5 Å². The van der Waals surface area contributed by atoms with Crippen molar-refractivity contribution in [3.05, 3.63) is 30.0 Å². The number of carbonyl (C=O) groups is 10. The number of H-pyrrole nitrogens is 1. The van der Waals surface area contributed by atoms with Crippen molar-refractivity contribution >= 4 is 65.0 Å². The van der Waals surface area contributed by atoms with E-state index in [1.807, 2.05) is 0 Å². The van der Waals surface area contributed by atoms with Crippen LogP contribution >= 0.6 is 0 Å². The van der Waals surface area contributed by atoms with E-state index < -0.39 is 127 Å². The number of hydrogen-bond donors (Lipinski definition) is 21. The minimum atomic E-state index is -1.60. The monoisotopic (exact) mass is 1260 g/mol. The third-order valence-electron chi connectivity index (χ3n) is 14.4. The van der Waals surface area contributed by atoms with Crippen LogP contribution in [0.4, 0.5) is 0 Å². The van der Waals surface area contributed by atoms with Gasteiger partial charge in [0.25, 0.3) is 5.91 Å². The van der Waals surface area contributed by atoms with Crippen molar-refractivity contribution in [3.8, 4) is 0 Å². The first kappa shape index (κ1) is 77.7. The van der Waals surface area contributed by atoms with Crippen molar-refractivity contribution in [2.75, 3.05) is 72.0 Å². The Morgan fingerprint density at radius 1 is 0.629 bits per heavy atom. The van der Waals surface area contributed by atoms with Gasteiger partial charge in [-0.1, -0.05) is 12.5 Å². The van der Waals surface area contributed by atoms with Crippen LogP contribution in [0.5, 0.6) is 0 Å². The first-order valence-corrected chi connectivity index (χ1v) is 30.8. The number of aliphatic imine (C=N–C) groups is 1. The summed E-state index contributed by atoms with van der Waals surface area (Å²) in [6.45, 7) is 0.961. The van der Waals surface area contributed by atoms with E-state index in [4.69, 9.17) is 57.3 Å². The molecule has 1 aromatic heterocycles. The number of imidazole rings is 1. The fraction of sp³-hybridized carbons (Fsp3) is 0.709. The summed E-state index contributed by atoms with van der Waals surface area (Å²) < 4.78 is 0. The number of nitrogens with one attached hydrogen (secondary N) is 10. The van der Waals surface area contributed by atoms with Gasteiger partial charge in [0.1, 0.15) is 48.0 Å². The fourth-order valence-electron chi connectivity index (χ4n) is 9.40. The number of carbonyl (C=O) groups excluding carboxylic acids is 10. The summed E-state index contributed by atoms with van der Waals surface area (Å²) in [5.74, 6) is -7.86. The summed E-state index contributed by atoms with van der Waals surface area (Å²) in [5.41, 5.74) is 57.1. The Bertz CT molecular complexity index is 2400. The quantitative estimate of drug-likeness (QED) is 0.0125. The summed E-state index contributed by atoms with van der Waals surface area (Å²) >= 11 is 0. The number of aromatic amines is 1. The number of aromatic nitrogens is 2. The lowest BCUT2D eigenvalue weighted by Crippen LogP contribution is -2.61. The molecule has 10 amide bonds. The van der Waals surface area contributed by atoms with Crippen molar-refractivity contribution in [1.82, 2.24) is 62.7 Å². The summed E-state index contributed by atoms with van der Waals surface area (Å²) in [4.78, 5) is 151. The zero-order valence-electron chi connectivity index (χ0n) is 51.3. The van der Waals surface area contributed by atoms with Crippen LogP contribution in [-0.4, -0.2) is 211 Å². The largest absolute Gasteiger partial charge is 0.389 e. The number of nitrogens with two attached hydrogens (primary N) is 10. The molecular formula is C55H103N23O11. The second kappa shape index (κ2) is 44.9. The van der Waals surface area contributed by atoms with Crippen LogP contribution in [-0.2, 0) is 54.4 Å². The minimum absolute atomic E-state index is 0.0154. The van der Waals surface area contributed by atoms with E-state index >= 15 is 0 Å².